The summed E-state index contributed by atoms with van der Waals surface area (Å²) in [6.45, 7) is 6.14. The van der Waals surface area contributed by atoms with Crippen molar-refractivity contribution in [3.63, 3.8) is 0 Å². The number of halogens is 2. The molecule has 0 aliphatic heterocycles. The van der Waals surface area contributed by atoms with E-state index in [1.807, 2.05) is 13.8 Å². The highest BCUT2D eigenvalue weighted by Crippen LogP contribution is 2.18. The molecule has 2 rings (SSSR count). The van der Waals surface area contributed by atoms with Crippen LogP contribution in [0, 0.1) is 6.92 Å². The van der Waals surface area contributed by atoms with Crippen molar-refractivity contribution < 1.29 is 18.4 Å². The van der Waals surface area contributed by atoms with Gasteiger partial charge in [-0.15, -0.1) is 0 Å². The highest BCUT2D eigenvalue weighted by atomic mass is 19.3. The maximum Gasteiger partial charge on any atom is 0.282 e. The summed E-state index contributed by atoms with van der Waals surface area (Å²) in [6, 6.07) is 1.23. The molecule has 8 nitrogen and oxygen atoms in total. The van der Waals surface area contributed by atoms with Gasteiger partial charge in [0.25, 0.3) is 12.3 Å². The van der Waals surface area contributed by atoms with Crippen LogP contribution in [0.4, 0.5) is 14.5 Å². The Kier molecular flexibility index (Phi) is 6.42. The smallest absolute Gasteiger partial charge is 0.282 e. The SMILES string of the molecule is CCCNC(=O)c1nn(CC)cc1NC(=O)Cn1nc(C(F)F)cc1C. The number of aromatic nitrogens is 4. The molecule has 0 aromatic carbocycles. The first-order chi connectivity index (χ1) is 12.3. The number of nitrogens with one attached hydrogen (secondary N) is 2. The van der Waals surface area contributed by atoms with Crippen molar-refractivity contribution in [2.75, 3.05) is 11.9 Å². The largest absolute Gasteiger partial charge is 0.351 e. The highest BCUT2D eigenvalue weighted by molar-refractivity contribution is 6.02. The average molecular weight is 368 g/mol. The summed E-state index contributed by atoms with van der Waals surface area (Å²) in [4.78, 5) is 24.5. The van der Waals surface area contributed by atoms with Gasteiger partial charge >= 0.3 is 0 Å². The van der Waals surface area contributed by atoms with E-state index >= 15 is 0 Å². The molecule has 0 aliphatic carbocycles. The molecule has 0 radical (unpaired) electrons. The van der Waals surface area contributed by atoms with Crippen molar-refractivity contribution in [2.45, 2.75) is 46.7 Å². The van der Waals surface area contributed by atoms with Gasteiger partial charge in [-0.25, -0.2) is 8.78 Å². The Hall–Kier alpha value is -2.78. The first-order valence-electron chi connectivity index (χ1n) is 8.33. The predicted octanol–water partition coefficient (Wildman–Crippen LogP) is 2.12. The van der Waals surface area contributed by atoms with Crippen molar-refractivity contribution in [2.24, 2.45) is 0 Å². The number of anilines is 1. The van der Waals surface area contributed by atoms with Crippen LogP contribution in [-0.4, -0.2) is 37.9 Å². The van der Waals surface area contributed by atoms with Crippen LogP contribution in [-0.2, 0) is 17.9 Å². The predicted molar refractivity (Wildman–Crippen MR) is 91.1 cm³/mol. The molecule has 26 heavy (non-hydrogen) atoms. The summed E-state index contributed by atoms with van der Waals surface area (Å²) < 4.78 is 28.1. The topological polar surface area (TPSA) is 93.8 Å². The van der Waals surface area contributed by atoms with Crippen LogP contribution >= 0.6 is 0 Å². The lowest BCUT2D eigenvalue weighted by Gasteiger charge is -2.07. The van der Waals surface area contributed by atoms with Gasteiger partial charge in [-0.1, -0.05) is 6.92 Å². The van der Waals surface area contributed by atoms with Gasteiger partial charge in [0.15, 0.2) is 5.69 Å². The van der Waals surface area contributed by atoms with Gasteiger partial charge in [0.1, 0.15) is 12.2 Å². The number of alkyl halides is 2. The zero-order chi connectivity index (χ0) is 19.3. The molecule has 142 valence electrons. The fourth-order valence-corrected chi connectivity index (χ4v) is 2.29. The zero-order valence-electron chi connectivity index (χ0n) is 14.9. The van der Waals surface area contributed by atoms with E-state index < -0.39 is 12.3 Å². The lowest BCUT2D eigenvalue weighted by molar-refractivity contribution is -0.117. The van der Waals surface area contributed by atoms with E-state index in [0.717, 1.165) is 6.42 Å². The van der Waals surface area contributed by atoms with E-state index in [4.69, 9.17) is 0 Å². The second kappa shape index (κ2) is 8.54. The molecule has 2 amide bonds. The Bertz CT molecular complexity index is 784. The quantitative estimate of drug-likeness (QED) is 0.746. The summed E-state index contributed by atoms with van der Waals surface area (Å²) in [7, 11) is 0. The summed E-state index contributed by atoms with van der Waals surface area (Å²) in [5, 5.41) is 13.2. The Labute approximate surface area is 149 Å². The maximum atomic E-state index is 12.7. The monoisotopic (exact) mass is 368 g/mol. The summed E-state index contributed by atoms with van der Waals surface area (Å²) >= 11 is 0. The van der Waals surface area contributed by atoms with Crippen LogP contribution in [0.25, 0.3) is 0 Å². The summed E-state index contributed by atoms with van der Waals surface area (Å²) in [5.41, 5.74) is 0.442. The molecule has 0 atom stereocenters. The molecule has 0 spiro atoms. The number of carbonyl (C=O) groups excluding carboxylic acids is 2. The first kappa shape index (κ1) is 19.5. The van der Waals surface area contributed by atoms with Gasteiger partial charge in [0.2, 0.25) is 5.91 Å². The third-order valence-corrected chi connectivity index (χ3v) is 3.63. The van der Waals surface area contributed by atoms with E-state index in [1.54, 1.807) is 13.1 Å². The highest BCUT2D eigenvalue weighted by Gasteiger charge is 2.19. The summed E-state index contributed by atoms with van der Waals surface area (Å²) in [5.74, 6) is -0.873. The van der Waals surface area contributed by atoms with Crippen LogP contribution in [0.3, 0.4) is 0 Å². The minimum Gasteiger partial charge on any atom is -0.351 e. The number of hydrogen-bond acceptors (Lipinski definition) is 4. The average Bonchev–Trinajstić information content (AvgIpc) is 3.16. The molecule has 2 aromatic heterocycles. The number of carbonyl (C=O) groups is 2. The zero-order valence-corrected chi connectivity index (χ0v) is 14.9. The Balaban J connectivity index is 2.13. The minimum atomic E-state index is -2.70. The molecular formula is C16H22F2N6O2. The fraction of sp³-hybridized carbons (Fsp3) is 0.500. The normalized spacial score (nSPS) is 11.0. The minimum absolute atomic E-state index is 0.110. The van der Waals surface area contributed by atoms with E-state index in [2.05, 4.69) is 20.8 Å². The van der Waals surface area contributed by atoms with Gasteiger partial charge in [0.05, 0.1) is 5.69 Å². The maximum absolute atomic E-state index is 12.7. The van der Waals surface area contributed by atoms with Crippen molar-refractivity contribution >= 4 is 17.5 Å². The van der Waals surface area contributed by atoms with Crippen LogP contribution < -0.4 is 10.6 Å². The molecule has 0 saturated carbocycles. The third kappa shape index (κ3) is 4.64. The van der Waals surface area contributed by atoms with Gasteiger partial charge in [-0.3, -0.25) is 19.0 Å². The first-order valence-corrected chi connectivity index (χ1v) is 8.33. The second-order valence-corrected chi connectivity index (χ2v) is 5.72. The van der Waals surface area contributed by atoms with Gasteiger partial charge in [-0.2, -0.15) is 10.2 Å². The number of nitrogens with zero attached hydrogens (tertiary/aromatic N) is 4. The molecule has 10 heteroatoms. The third-order valence-electron chi connectivity index (χ3n) is 3.63. The molecule has 2 N–H and O–H groups in total. The van der Waals surface area contributed by atoms with Gasteiger partial charge < -0.3 is 10.6 Å². The molecule has 2 heterocycles. The van der Waals surface area contributed by atoms with E-state index in [9.17, 15) is 18.4 Å². The van der Waals surface area contributed by atoms with E-state index in [-0.39, 0.29) is 29.5 Å². The van der Waals surface area contributed by atoms with Gasteiger partial charge in [0, 0.05) is 25.0 Å². The summed E-state index contributed by atoms with van der Waals surface area (Å²) in [6.07, 6.45) is -0.374. The Morgan fingerprint density at radius 2 is 2.00 bits per heavy atom. The van der Waals surface area contributed by atoms with E-state index in [1.165, 1.54) is 15.4 Å². The van der Waals surface area contributed by atoms with E-state index in [0.29, 0.717) is 18.8 Å². The fourth-order valence-electron chi connectivity index (χ4n) is 2.29. The standard InChI is InChI=1S/C16H22F2N6O2/c1-4-6-19-16(26)14-12(8-23(5-2)22-14)20-13(25)9-24-10(3)7-11(21-24)15(17)18/h7-8,15H,4-6,9H2,1-3H3,(H,19,26)(H,20,25). The number of hydrogen-bond donors (Lipinski definition) is 2. The van der Waals surface area contributed by atoms with Crippen molar-refractivity contribution in [1.82, 2.24) is 24.9 Å². The van der Waals surface area contributed by atoms with Crippen molar-refractivity contribution in [3.8, 4) is 0 Å². The van der Waals surface area contributed by atoms with Crippen LogP contribution in [0.2, 0.25) is 0 Å². The Morgan fingerprint density at radius 3 is 2.58 bits per heavy atom. The molecule has 0 unspecified atom stereocenters. The van der Waals surface area contributed by atoms with Crippen molar-refractivity contribution in [3.05, 3.63) is 29.3 Å². The number of aryl methyl sites for hydroxylation is 2. The lowest BCUT2D eigenvalue weighted by atomic mass is 10.3. The molecule has 0 fully saturated rings. The van der Waals surface area contributed by atoms with Crippen molar-refractivity contribution in [1.29, 1.82) is 0 Å². The van der Waals surface area contributed by atoms with Gasteiger partial charge in [-0.05, 0) is 26.3 Å². The number of rotatable bonds is 8. The molecule has 0 saturated heterocycles. The van der Waals surface area contributed by atoms with Crippen LogP contribution in [0.5, 0.6) is 0 Å². The molecule has 0 aliphatic rings. The number of amides is 2. The Morgan fingerprint density at radius 1 is 1.27 bits per heavy atom. The van der Waals surface area contributed by atoms with Crippen LogP contribution in [0.1, 0.15) is 48.6 Å². The second-order valence-electron chi connectivity index (χ2n) is 5.72. The molecule has 0 bridgehead atoms. The molecular weight excluding hydrogens is 346 g/mol. The molecule has 2 aromatic rings. The lowest BCUT2D eigenvalue weighted by Crippen LogP contribution is -2.27. The van der Waals surface area contributed by atoms with Crippen LogP contribution in [0.15, 0.2) is 12.3 Å².